The monoisotopic (exact) mass is 202 g/mol. The molecule has 0 atom stereocenters. The highest BCUT2D eigenvalue weighted by molar-refractivity contribution is 5.90. The van der Waals surface area contributed by atoms with Crippen LogP contribution in [0.4, 0.5) is 0 Å². The van der Waals surface area contributed by atoms with E-state index in [1.165, 1.54) is 6.07 Å². The smallest absolute Gasteiger partial charge is 0.339 e. The molecule has 1 aromatic rings. The number of aromatic carboxylic acids is 1. The van der Waals surface area contributed by atoms with E-state index in [-0.39, 0.29) is 18.0 Å². The van der Waals surface area contributed by atoms with Crippen LogP contribution in [0.2, 0.25) is 0 Å². The molecule has 0 radical (unpaired) electrons. The van der Waals surface area contributed by atoms with Crippen molar-refractivity contribution < 1.29 is 14.6 Å². The summed E-state index contributed by atoms with van der Waals surface area (Å²) in [6.07, 6.45) is 0. The van der Waals surface area contributed by atoms with Gasteiger partial charge in [0.2, 0.25) is 0 Å². The number of halogens is 1. The molecular weight excluding hydrogens is 192 g/mol. The zero-order valence-corrected chi connectivity index (χ0v) is 8.00. The minimum atomic E-state index is -0.959. The fourth-order valence-electron chi connectivity index (χ4n) is 0.925. The molecule has 3 nitrogen and oxygen atoms in total. The number of hydrogen-bond acceptors (Lipinski definition) is 2. The number of benzene rings is 1. The van der Waals surface area contributed by atoms with Gasteiger partial charge in [-0.25, -0.2) is 4.79 Å². The number of rotatable bonds is 3. The number of carbonyl (C=O) groups is 1. The van der Waals surface area contributed by atoms with Gasteiger partial charge >= 0.3 is 5.97 Å². The average Bonchev–Trinajstić information content (AvgIpc) is 2.05. The molecule has 13 heavy (non-hydrogen) atoms. The number of hydrogen-bond donors (Lipinski definition) is 1. The van der Waals surface area contributed by atoms with Crippen LogP contribution in [0.5, 0.6) is 5.75 Å². The molecule has 0 aromatic heterocycles. The first kappa shape index (κ1) is 11.8. The van der Waals surface area contributed by atoms with Gasteiger partial charge in [-0.3, -0.25) is 0 Å². The Morgan fingerprint density at radius 1 is 1.46 bits per heavy atom. The molecule has 0 amide bonds. The molecule has 1 N–H and O–H groups in total. The predicted molar refractivity (Wildman–Crippen MR) is 51.8 cm³/mol. The fourth-order valence-corrected chi connectivity index (χ4v) is 0.925. The Morgan fingerprint density at radius 3 is 2.62 bits per heavy atom. The number of carboxylic acids is 1. The molecule has 0 aliphatic rings. The lowest BCUT2D eigenvalue weighted by atomic mass is 10.2. The van der Waals surface area contributed by atoms with Crippen molar-refractivity contribution in [2.24, 2.45) is 0 Å². The Morgan fingerprint density at radius 2 is 2.08 bits per heavy atom. The van der Waals surface area contributed by atoms with Gasteiger partial charge in [-0.2, -0.15) is 0 Å². The minimum absolute atomic E-state index is 0. The highest BCUT2D eigenvalue weighted by Crippen LogP contribution is 2.17. The van der Waals surface area contributed by atoms with Crippen LogP contribution in [0.1, 0.15) is 17.3 Å². The van der Waals surface area contributed by atoms with E-state index in [9.17, 15) is 4.79 Å². The van der Waals surface area contributed by atoms with Gasteiger partial charge in [0, 0.05) is 0 Å². The summed E-state index contributed by atoms with van der Waals surface area (Å²) < 4.78 is 5.12. The summed E-state index contributed by atoms with van der Waals surface area (Å²) in [5.41, 5.74) is 0.208. The molecule has 0 spiro atoms. The lowest BCUT2D eigenvalue weighted by Gasteiger charge is -2.05. The van der Waals surface area contributed by atoms with E-state index in [0.29, 0.717) is 12.4 Å². The van der Waals surface area contributed by atoms with Gasteiger partial charge in [-0.1, -0.05) is 12.1 Å². The van der Waals surface area contributed by atoms with Gasteiger partial charge in [-0.15, -0.1) is 12.4 Å². The second kappa shape index (κ2) is 5.43. The van der Waals surface area contributed by atoms with Crippen LogP contribution in [0, 0.1) is 0 Å². The average molecular weight is 203 g/mol. The molecule has 0 saturated carbocycles. The molecule has 0 aliphatic carbocycles. The van der Waals surface area contributed by atoms with E-state index < -0.39 is 5.97 Å². The minimum Gasteiger partial charge on any atom is -0.493 e. The van der Waals surface area contributed by atoms with Crippen LogP contribution in [-0.2, 0) is 0 Å². The van der Waals surface area contributed by atoms with E-state index in [1.807, 2.05) is 6.92 Å². The van der Waals surface area contributed by atoms with Gasteiger partial charge in [0.05, 0.1) is 6.61 Å². The lowest BCUT2D eigenvalue weighted by Crippen LogP contribution is -2.01. The fraction of sp³-hybridized carbons (Fsp3) is 0.222. The molecule has 0 bridgehead atoms. The van der Waals surface area contributed by atoms with E-state index in [2.05, 4.69) is 0 Å². The van der Waals surface area contributed by atoms with Crippen molar-refractivity contribution in [2.45, 2.75) is 6.92 Å². The molecule has 0 heterocycles. The molecule has 0 saturated heterocycles. The summed E-state index contributed by atoms with van der Waals surface area (Å²) in [5, 5.41) is 8.71. The molecular formula is C9H11ClO3. The third-order valence-corrected chi connectivity index (χ3v) is 1.42. The largest absolute Gasteiger partial charge is 0.493 e. The maximum absolute atomic E-state index is 10.6. The van der Waals surface area contributed by atoms with Crippen LogP contribution in [0.25, 0.3) is 0 Å². The molecule has 0 unspecified atom stereocenters. The van der Waals surface area contributed by atoms with Crippen LogP contribution >= 0.6 is 12.4 Å². The van der Waals surface area contributed by atoms with Gasteiger partial charge in [0.25, 0.3) is 0 Å². The first-order chi connectivity index (χ1) is 5.75. The topological polar surface area (TPSA) is 46.5 Å². The standard InChI is InChI=1S/C9H10O3.ClH/c1-2-12-8-6-4-3-5-7(8)9(10)11;/h3-6H,2H2,1H3,(H,10,11);1H. The molecule has 1 rings (SSSR count). The van der Waals surface area contributed by atoms with Gasteiger partial charge < -0.3 is 9.84 Å². The van der Waals surface area contributed by atoms with Crippen molar-refractivity contribution in [3.63, 3.8) is 0 Å². The van der Waals surface area contributed by atoms with Crippen LogP contribution in [0.3, 0.4) is 0 Å². The maximum Gasteiger partial charge on any atom is 0.339 e. The molecule has 0 aliphatic heterocycles. The van der Waals surface area contributed by atoms with Crippen molar-refractivity contribution >= 4 is 18.4 Å². The van der Waals surface area contributed by atoms with Crippen molar-refractivity contribution in [3.8, 4) is 5.75 Å². The van der Waals surface area contributed by atoms with Crippen LogP contribution < -0.4 is 4.74 Å². The summed E-state index contributed by atoms with van der Waals surface area (Å²) in [4.78, 5) is 10.6. The van der Waals surface area contributed by atoms with E-state index in [4.69, 9.17) is 9.84 Å². The second-order valence-corrected chi connectivity index (χ2v) is 2.23. The number of carboxylic acid groups (broad SMARTS) is 1. The zero-order valence-electron chi connectivity index (χ0n) is 7.19. The quantitative estimate of drug-likeness (QED) is 0.818. The Labute approximate surface area is 82.7 Å². The number of para-hydroxylation sites is 1. The number of ether oxygens (including phenoxy) is 1. The lowest BCUT2D eigenvalue weighted by molar-refractivity contribution is 0.0692. The van der Waals surface area contributed by atoms with E-state index >= 15 is 0 Å². The van der Waals surface area contributed by atoms with Crippen molar-refractivity contribution in [1.82, 2.24) is 0 Å². The third kappa shape index (κ3) is 2.95. The summed E-state index contributed by atoms with van der Waals surface area (Å²) in [7, 11) is 0. The van der Waals surface area contributed by atoms with Crippen molar-refractivity contribution in [3.05, 3.63) is 29.8 Å². The second-order valence-electron chi connectivity index (χ2n) is 2.23. The van der Waals surface area contributed by atoms with Gasteiger partial charge in [0.15, 0.2) is 0 Å². The maximum atomic E-state index is 10.6. The summed E-state index contributed by atoms with van der Waals surface area (Å²) in [6.45, 7) is 2.29. The van der Waals surface area contributed by atoms with Gasteiger partial charge in [-0.05, 0) is 19.1 Å². The molecule has 72 valence electrons. The van der Waals surface area contributed by atoms with Crippen molar-refractivity contribution in [2.75, 3.05) is 6.61 Å². The third-order valence-electron chi connectivity index (χ3n) is 1.42. The van der Waals surface area contributed by atoms with Crippen molar-refractivity contribution in [1.29, 1.82) is 0 Å². The zero-order chi connectivity index (χ0) is 8.97. The summed E-state index contributed by atoms with van der Waals surface area (Å²) >= 11 is 0. The Bertz CT molecular complexity index is 286. The summed E-state index contributed by atoms with van der Waals surface area (Å²) in [5.74, 6) is -0.536. The Hall–Kier alpha value is -1.22. The highest BCUT2D eigenvalue weighted by atomic mass is 35.5. The molecule has 4 heteroatoms. The highest BCUT2D eigenvalue weighted by Gasteiger charge is 2.08. The Kier molecular flexibility index (Phi) is 4.92. The van der Waals surface area contributed by atoms with Crippen LogP contribution in [0.15, 0.2) is 24.3 Å². The van der Waals surface area contributed by atoms with Crippen LogP contribution in [-0.4, -0.2) is 17.7 Å². The predicted octanol–water partition coefficient (Wildman–Crippen LogP) is 2.21. The van der Waals surface area contributed by atoms with E-state index in [0.717, 1.165) is 0 Å². The normalized spacial score (nSPS) is 8.69. The Balaban J connectivity index is 0.00000144. The van der Waals surface area contributed by atoms with E-state index in [1.54, 1.807) is 18.2 Å². The SMILES string of the molecule is CCOc1ccccc1C(=O)O.Cl. The first-order valence-electron chi connectivity index (χ1n) is 3.70. The first-order valence-corrected chi connectivity index (χ1v) is 3.70. The van der Waals surface area contributed by atoms with Gasteiger partial charge in [0.1, 0.15) is 11.3 Å². The molecule has 1 aromatic carbocycles. The summed E-state index contributed by atoms with van der Waals surface area (Å²) in [6, 6.07) is 6.59. The molecule has 0 fully saturated rings.